The summed E-state index contributed by atoms with van der Waals surface area (Å²) in [5, 5.41) is 2.86. The topological polar surface area (TPSA) is 55.2 Å². The average molecular weight is 454 g/mol. The highest BCUT2D eigenvalue weighted by Crippen LogP contribution is 2.30. The second-order valence-corrected chi connectivity index (χ2v) is 9.16. The second kappa shape index (κ2) is 7.91. The van der Waals surface area contributed by atoms with Crippen LogP contribution in [0.25, 0.3) is 15.9 Å². The summed E-state index contributed by atoms with van der Waals surface area (Å²) >= 11 is 8.79. The quantitative estimate of drug-likeness (QED) is 0.329. The van der Waals surface area contributed by atoms with Crippen molar-refractivity contribution in [3.63, 3.8) is 0 Å². The van der Waals surface area contributed by atoms with Gasteiger partial charge in [0.15, 0.2) is 5.16 Å². The van der Waals surface area contributed by atoms with Crippen LogP contribution < -0.4 is 10.5 Å². The first kappa shape index (κ1) is 19.4. The lowest BCUT2D eigenvalue weighted by Crippen LogP contribution is -2.31. The number of nitrogens with zero attached hydrogens (tertiary/aromatic N) is 3. The molecule has 0 unspecified atom stereocenters. The number of carbonyl (C=O) groups excluding carboxylic acids is 1. The van der Waals surface area contributed by atoms with Crippen molar-refractivity contribution in [2.24, 2.45) is 0 Å². The van der Waals surface area contributed by atoms with E-state index in [1.807, 2.05) is 40.6 Å². The number of halogens is 1. The maximum absolute atomic E-state index is 13.2. The summed E-state index contributed by atoms with van der Waals surface area (Å²) in [5.74, 6) is 0.194. The Morgan fingerprint density at radius 1 is 1.17 bits per heavy atom. The number of hydrogen-bond donors (Lipinski definition) is 0. The molecular weight excluding hydrogens is 438 g/mol. The second-order valence-electron chi connectivity index (χ2n) is 6.86. The molecule has 0 atom stereocenters. The van der Waals surface area contributed by atoms with E-state index in [1.165, 1.54) is 28.7 Å². The maximum atomic E-state index is 13.2. The molecule has 3 heterocycles. The van der Waals surface area contributed by atoms with Crippen LogP contribution in [0.2, 0.25) is 5.02 Å². The summed E-state index contributed by atoms with van der Waals surface area (Å²) in [7, 11) is 0. The van der Waals surface area contributed by atoms with E-state index >= 15 is 0 Å². The maximum Gasteiger partial charge on any atom is 0.276 e. The lowest BCUT2D eigenvalue weighted by Gasteiger charge is -2.18. The molecule has 1 aliphatic heterocycles. The highest BCUT2D eigenvalue weighted by Gasteiger charge is 2.25. The lowest BCUT2D eigenvalue weighted by atomic mass is 10.2. The van der Waals surface area contributed by atoms with Gasteiger partial charge < -0.3 is 4.90 Å². The molecule has 5 nitrogen and oxygen atoms in total. The van der Waals surface area contributed by atoms with Crippen molar-refractivity contribution in [3.8, 4) is 5.69 Å². The van der Waals surface area contributed by atoms with Crippen molar-refractivity contribution in [3.05, 3.63) is 80.9 Å². The SMILES string of the molecule is O=C(CSc1nc2ccsc2c(=O)n1-c1cccc(Cl)c1)N1CCc2ccccc21. The molecule has 1 aliphatic rings. The van der Waals surface area contributed by atoms with Crippen molar-refractivity contribution in [2.75, 3.05) is 17.2 Å². The van der Waals surface area contributed by atoms with Gasteiger partial charge >= 0.3 is 0 Å². The van der Waals surface area contributed by atoms with Crippen LogP contribution in [0.1, 0.15) is 5.56 Å². The molecule has 0 aliphatic carbocycles. The number of thiophene rings is 1. The molecule has 0 saturated heterocycles. The Morgan fingerprint density at radius 2 is 2.03 bits per heavy atom. The van der Waals surface area contributed by atoms with E-state index in [-0.39, 0.29) is 17.2 Å². The Balaban J connectivity index is 1.49. The highest BCUT2D eigenvalue weighted by atomic mass is 35.5. The van der Waals surface area contributed by atoms with Crippen LogP contribution in [-0.2, 0) is 11.2 Å². The Bertz CT molecular complexity index is 1330. The largest absolute Gasteiger partial charge is 0.311 e. The molecule has 5 rings (SSSR count). The lowest BCUT2D eigenvalue weighted by molar-refractivity contribution is -0.116. The third kappa shape index (κ3) is 3.43. The molecule has 2 aromatic carbocycles. The number of benzene rings is 2. The summed E-state index contributed by atoms with van der Waals surface area (Å²) in [5.41, 5.74) is 3.28. The van der Waals surface area contributed by atoms with E-state index in [4.69, 9.17) is 11.6 Å². The molecule has 0 fully saturated rings. The third-order valence-electron chi connectivity index (χ3n) is 5.03. The van der Waals surface area contributed by atoms with Gasteiger partial charge in [0.1, 0.15) is 4.70 Å². The van der Waals surface area contributed by atoms with Crippen molar-refractivity contribution < 1.29 is 4.79 Å². The van der Waals surface area contributed by atoms with Gasteiger partial charge in [-0.2, -0.15) is 0 Å². The van der Waals surface area contributed by atoms with Gasteiger partial charge in [0.05, 0.1) is 17.0 Å². The van der Waals surface area contributed by atoms with E-state index in [2.05, 4.69) is 11.1 Å². The van der Waals surface area contributed by atoms with Crippen molar-refractivity contribution in [2.45, 2.75) is 11.6 Å². The van der Waals surface area contributed by atoms with E-state index in [0.29, 0.717) is 32.6 Å². The summed E-state index contributed by atoms with van der Waals surface area (Å²) in [6.07, 6.45) is 0.860. The van der Waals surface area contributed by atoms with Gasteiger partial charge in [0.25, 0.3) is 5.56 Å². The zero-order valence-corrected chi connectivity index (χ0v) is 18.1. The minimum absolute atomic E-state index is 0.00209. The number of aromatic nitrogens is 2. The molecule has 0 spiro atoms. The average Bonchev–Trinajstić information content (AvgIpc) is 3.39. The van der Waals surface area contributed by atoms with Gasteiger partial charge in [-0.05, 0) is 47.7 Å². The molecule has 30 heavy (non-hydrogen) atoms. The smallest absolute Gasteiger partial charge is 0.276 e. The van der Waals surface area contributed by atoms with E-state index < -0.39 is 0 Å². The summed E-state index contributed by atoms with van der Waals surface area (Å²) < 4.78 is 2.12. The van der Waals surface area contributed by atoms with Gasteiger partial charge in [0, 0.05) is 17.3 Å². The normalized spacial score (nSPS) is 13.0. The van der Waals surface area contributed by atoms with Gasteiger partial charge in [-0.3, -0.25) is 14.2 Å². The molecule has 4 aromatic rings. The molecule has 0 radical (unpaired) electrons. The van der Waals surface area contributed by atoms with Gasteiger partial charge in [0.2, 0.25) is 5.91 Å². The number of thioether (sulfide) groups is 1. The van der Waals surface area contributed by atoms with Crippen LogP contribution in [0.5, 0.6) is 0 Å². The predicted molar refractivity (Wildman–Crippen MR) is 123 cm³/mol. The molecule has 2 aromatic heterocycles. The van der Waals surface area contributed by atoms with E-state index in [0.717, 1.165) is 12.1 Å². The van der Waals surface area contributed by atoms with Crippen LogP contribution >= 0.6 is 34.7 Å². The molecule has 150 valence electrons. The van der Waals surface area contributed by atoms with Gasteiger partial charge in [-0.1, -0.05) is 47.6 Å². The summed E-state index contributed by atoms with van der Waals surface area (Å²) in [6, 6.07) is 16.9. The van der Waals surface area contributed by atoms with Crippen molar-refractivity contribution in [1.82, 2.24) is 9.55 Å². The molecule has 0 bridgehead atoms. The molecule has 0 N–H and O–H groups in total. The van der Waals surface area contributed by atoms with E-state index in [1.54, 1.807) is 22.8 Å². The fourth-order valence-electron chi connectivity index (χ4n) is 3.63. The number of para-hydroxylation sites is 1. The number of rotatable bonds is 4. The zero-order valence-electron chi connectivity index (χ0n) is 15.7. The Kier molecular flexibility index (Phi) is 5.10. The number of anilines is 1. The fourth-order valence-corrected chi connectivity index (χ4v) is 5.47. The number of amides is 1. The minimum Gasteiger partial charge on any atom is -0.311 e. The Labute approximate surface area is 185 Å². The van der Waals surface area contributed by atoms with Crippen LogP contribution in [0.15, 0.2) is 69.9 Å². The van der Waals surface area contributed by atoms with E-state index in [9.17, 15) is 9.59 Å². The summed E-state index contributed by atoms with van der Waals surface area (Å²) in [4.78, 5) is 32.6. The van der Waals surface area contributed by atoms with Crippen LogP contribution in [0.4, 0.5) is 5.69 Å². The highest BCUT2D eigenvalue weighted by molar-refractivity contribution is 7.99. The zero-order chi connectivity index (χ0) is 20.7. The van der Waals surface area contributed by atoms with Crippen LogP contribution in [0.3, 0.4) is 0 Å². The first-order valence-corrected chi connectivity index (χ1v) is 11.6. The predicted octanol–water partition coefficient (Wildman–Crippen LogP) is 4.78. The first-order chi connectivity index (χ1) is 14.6. The number of carbonyl (C=O) groups is 1. The molecular formula is C22H16ClN3O2S2. The van der Waals surface area contributed by atoms with Gasteiger partial charge in [-0.25, -0.2) is 4.98 Å². The van der Waals surface area contributed by atoms with Crippen LogP contribution in [0, 0.1) is 0 Å². The summed E-state index contributed by atoms with van der Waals surface area (Å²) in [6.45, 7) is 0.677. The third-order valence-corrected chi connectivity index (χ3v) is 7.08. The van der Waals surface area contributed by atoms with Gasteiger partial charge in [-0.15, -0.1) is 11.3 Å². The number of hydrogen-bond acceptors (Lipinski definition) is 5. The first-order valence-electron chi connectivity index (χ1n) is 9.39. The monoisotopic (exact) mass is 453 g/mol. The molecule has 0 saturated carbocycles. The van der Waals surface area contributed by atoms with Crippen molar-refractivity contribution >= 4 is 56.5 Å². The van der Waals surface area contributed by atoms with Crippen molar-refractivity contribution in [1.29, 1.82) is 0 Å². The molecule has 1 amide bonds. The molecule has 8 heteroatoms. The minimum atomic E-state index is -0.154. The Hall–Kier alpha value is -2.61. The van der Waals surface area contributed by atoms with Crippen LogP contribution in [-0.4, -0.2) is 27.8 Å². The Morgan fingerprint density at radius 3 is 2.90 bits per heavy atom. The fraction of sp³-hybridized carbons (Fsp3) is 0.136. The standard InChI is InChI=1S/C22H16ClN3O2S2/c23-15-5-3-6-16(12-15)26-21(28)20-17(9-11-29-20)24-22(26)30-13-19(27)25-10-8-14-4-1-2-7-18(14)25/h1-7,9,11-12H,8,10,13H2. The number of fused-ring (bicyclic) bond motifs is 2.